The van der Waals surface area contributed by atoms with Crippen molar-refractivity contribution in [3.63, 3.8) is 0 Å². The van der Waals surface area contributed by atoms with Gasteiger partial charge in [-0.3, -0.25) is 4.79 Å². The van der Waals surface area contributed by atoms with Crippen LogP contribution in [-0.4, -0.2) is 10.6 Å². The lowest BCUT2D eigenvalue weighted by Crippen LogP contribution is -2.30. The summed E-state index contributed by atoms with van der Waals surface area (Å²) in [4.78, 5) is 12.8. The Morgan fingerprint density at radius 1 is 1.14 bits per heavy atom. The predicted octanol–water partition coefficient (Wildman–Crippen LogP) is 3.35. The zero-order valence-corrected chi connectivity index (χ0v) is 12.7. The van der Waals surface area contributed by atoms with Crippen LogP contribution in [0.4, 0.5) is 0 Å². The molecule has 0 amide bonds. The van der Waals surface area contributed by atoms with Gasteiger partial charge in [0.2, 0.25) is 0 Å². The Labute approximate surface area is 125 Å². The van der Waals surface area contributed by atoms with Crippen molar-refractivity contribution < 1.29 is 0 Å². The maximum absolute atomic E-state index is 12.8. The maximum atomic E-state index is 12.8. The Hall–Kier alpha value is -1.87. The molecule has 2 aromatic rings. The number of hydrogen-bond donors (Lipinski definition) is 1. The molecule has 0 radical (unpaired) electrons. The van der Waals surface area contributed by atoms with Gasteiger partial charge in [0.05, 0.1) is 5.69 Å². The van der Waals surface area contributed by atoms with Crippen LogP contribution in [0, 0.1) is 0 Å². The van der Waals surface area contributed by atoms with Gasteiger partial charge in [-0.2, -0.15) is 0 Å². The molecule has 1 aliphatic rings. The smallest absolute Gasteiger partial charge is 0.255 e. The summed E-state index contributed by atoms with van der Waals surface area (Å²) < 4.78 is 1.99. The van der Waals surface area contributed by atoms with Crippen molar-refractivity contribution in [2.75, 3.05) is 0 Å². The van der Waals surface area contributed by atoms with E-state index in [4.69, 9.17) is 0 Å². The van der Waals surface area contributed by atoms with Gasteiger partial charge in [-0.15, -0.1) is 0 Å². The number of rotatable bonds is 5. The van der Waals surface area contributed by atoms with Gasteiger partial charge in [0.1, 0.15) is 0 Å². The fourth-order valence-corrected chi connectivity index (χ4v) is 2.58. The molecule has 1 aliphatic carbocycles. The molecule has 1 aromatic carbocycles. The molecule has 1 fully saturated rings. The third-order valence-electron chi connectivity index (χ3n) is 3.88. The highest BCUT2D eigenvalue weighted by atomic mass is 16.1. The summed E-state index contributed by atoms with van der Waals surface area (Å²) in [5.41, 5.74) is 3.17. The molecule has 1 N–H and O–H groups in total. The molecular formula is C18H22N2O. The first-order valence-electron chi connectivity index (χ1n) is 7.70. The molecule has 0 bridgehead atoms. The topological polar surface area (TPSA) is 34.0 Å². The number of nitrogens with one attached hydrogen (secondary N) is 1. The SMILES string of the molecule is CC(C)NCc1ccc(-c2ccccc2)n(C2CC2)c1=O. The highest BCUT2D eigenvalue weighted by Gasteiger charge is 2.27. The molecule has 0 aliphatic heterocycles. The van der Waals surface area contributed by atoms with Gasteiger partial charge in [0.15, 0.2) is 0 Å². The Kier molecular flexibility index (Phi) is 3.93. The molecule has 0 unspecified atom stereocenters. The van der Waals surface area contributed by atoms with E-state index in [0.717, 1.165) is 29.7 Å². The van der Waals surface area contributed by atoms with Crippen LogP contribution < -0.4 is 10.9 Å². The molecule has 3 heteroatoms. The lowest BCUT2D eigenvalue weighted by atomic mass is 10.1. The molecule has 1 heterocycles. The number of aromatic nitrogens is 1. The Morgan fingerprint density at radius 2 is 1.86 bits per heavy atom. The van der Waals surface area contributed by atoms with E-state index in [-0.39, 0.29) is 5.56 Å². The summed E-state index contributed by atoms with van der Waals surface area (Å²) in [6.45, 7) is 4.83. The van der Waals surface area contributed by atoms with Crippen molar-refractivity contribution in [3.8, 4) is 11.3 Å². The van der Waals surface area contributed by atoms with Crippen molar-refractivity contribution in [1.29, 1.82) is 0 Å². The summed E-state index contributed by atoms with van der Waals surface area (Å²) in [5.74, 6) is 0. The van der Waals surface area contributed by atoms with Gasteiger partial charge < -0.3 is 9.88 Å². The number of pyridine rings is 1. The zero-order chi connectivity index (χ0) is 14.8. The van der Waals surface area contributed by atoms with Crippen LogP contribution in [0.3, 0.4) is 0 Å². The monoisotopic (exact) mass is 282 g/mol. The van der Waals surface area contributed by atoms with Crippen LogP contribution in [-0.2, 0) is 6.54 Å². The molecule has 110 valence electrons. The second-order valence-corrected chi connectivity index (χ2v) is 6.05. The van der Waals surface area contributed by atoms with Crippen LogP contribution in [0.2, 0.25) is 0 Å². The van der Waals surface area contributed by atoms with Gasteiger partial charge >= 0.3 is 0 Å². The second-order valence-electron chi connectivity index (χ2n) is 6.05. The zero-order valence-electron chi connectivity index (χ0n) is 12.7. The molecule has 3 rings (SSSR count). The predicted molar refractivity (Wildman–Crippen MR) is 86.4 cm³/mol. The lowest BCUT2D eigenvalue weighted by Gasteiger charge is -2.15. The number of hydrogen-bond acceptors (Lipinski definition) is 2. The fraction of sp³-hybridized carbons (Fsp3) is 0.389. The minimum Gasteiger partial charge on any atom is -0.310 e. The van der Waals surface area contributed by atoms with E-state index in [1.807, 2.05) is 28.8 Å². The standard InChI is InChI=1S/C18H22N2O/c1-13(2)19-12-15-8-11-17(14-6-4-3-5-7-14)20(18(15)21)16-9-10-16/h3-8,11,13,16,19H,9-10,12H2,1-2H3. The van der Waals surface area contributed by atoms with Gasteiger partial charge in [-0.1, -0.05) is 50.2 Å². The van der Waals surface area contributed by atoms with Gasteiger partial charge in [-0.25, -0.2) is 0 Å². The van der Waals surface area contributed by atoms with E-state index in [1.165, 1.54) is 0 Å². The quantitative estimate of drug-likeness (QED) is 0.912. The van der Waals surface area contributed by atoms with Crippen molar-refractivity contribution in [1.82, 2.24) is 9.88 Å². The highest BCUT2D eigenvalue weighted by Crippen LogP contribution is 2.37. The van der Waals surface area contributed by atoms with Gasteiger partial charge in [-0.05, 0) is 24.5 Å². The van der Waals surface area contributed by atoms with Crippen molar-refractivity contribution in [2.45, 2.75) is 45.3 Å². The van der Waals surface area contributed by atoms with Crippen molar-refractivity contribution in [2.24, 2.45) is 0 Å². The van der Waals surface area contributed by atoms with Crippen LogP contribution in [0.5, 0.6) is 0 Å². The van der Waals surface area contributed by atoms with E-state index in [2.05, 4.69) is 37.4 Å². The Bertz CT molecular complexity index is 669. The van der Waals surface area contributed by atoms with E-state index in [0.29, 0.717) is 18.6 Å². The normalized spacial score (nSPS) is 14.6. The van der Waals surface area contributed by atoms with Crippen LogP contribution >= 0.6 is 0 Å². The fourth-order valence-electron chi connectivity index (χ4n) is 2.58. The minimum atomic E-state index is 0.159. The molecule has 0 spiro atoms. The summed E-state index contributed by atoms with van der Waals surface area (Å²) in [6.07, 6.45) is 2.22. The average molecular weight is 282 g/mol. The first-order valence-corrected chi connectivity index (χ1v) is 7.70. The largest absolute Gasteiger partial charge is 0.310 e. The molecule has 3 nitrogen and oxygen atoms in total. The van der Waals surface area contributed by atoms with Crippen LogP contribution in [0.25, 0.3) is 11.3 Å². The van der Waals surface area contributed by atoms with Crippen LogP contribution in [0.1, 0.15) is 38.3 Å². The lowest BCUT2D eigenvalue weighted by molar-refractivity contribution is 0.579. The third kappa shape index (κ3) is 3.08. The average Bonchev–Trinajstić information content (AvgIpc) is 3.31. The summed E-state index contributed by atoms with van der Waals surface area (Å²) in [7, 11) is 0. The van der Waals surface area contributed by atoms with Gasteiger partial charge in [0, 0.05) is 24.2 Å². The molecule has 21 heavy (non-hydrogen) atoms. The number of nitrogens with zero attached hydrogens (tertiary/aromatic N) is 1. The maximum Gasteiger partial charge on any atom is 0.255 e. The van der Waals surface area contributed by atoms with E-state index >= 15 is 0 Å². The summed E-state index contributed by atoms with van der Waals surface area (Å²) in [6, 6.07) is 15.0. The molecule has 0 saturated heterocycles. The third-order valence-corrected chi connectivity index (χ3v) is 3.88. The minimum absolute atomic E-state index is 0.159. The van der Waals surface area contributed by atoms with Crippen molar-refractivity contribution >= 4 is 0 Å². The molecule has 0 atom stereocenters. The van der Waals surface area contributed by atoms with E-state index in [9.17, 15) is 4.79 Å². The number of benzene rings is 1. The van der Waals surface area contributed by atoms with E-state index < -0.39 is 0 Å². The van der Waals surface area contributed by atoms with Crippen molar-refractivity contribution in [3.05, 3.63) is 58.4 Å². The Morgan fingerprint density at radius 3 is 2.48 bits per heavy atom. The van der Waals surface area contributed by atoms with Crippen LogP contribution in [0.15, 0.2) is 47.3 Å². The molecular weight excluding hydrogens is 260 g/mol. The Balaban J connectivity index is 2.02. The highest BCUT2D eigenvalue weighted by molar-refractivity contribution is 5.60. The summed E-state index contributed by atoms with van der Waals surface area (Å²) >= 11 is 0. The van der Waals surface area contributed by atoms with E-state index in [1.54, 1.807) is 0 Å². The summed E-state index contributed by atoms with van der Waals surface area (Å²) in [5, 5.41) is 3.34. The molecule has 1 saturated carbocycles. The first-order chi connectivity index (χ1) is 10.2. The second kappa shape index (κ2) is 5.86. The first kappa shape index (κ1) is 14.1. The van der Waals surface area contributed by atoms with Gasteiger partial charge in [0.25, 0.3) is 5.56 Å². The molecule has 1 aromatic heterocycles.